The highest BCUT2D eigenvalue weighted by Gasteiger charge is 2.17. The second-order valence-corrected chi connectivity index (χ2v) is 6.12. The van der Waals surface area contributed by atoms with Gasteiger partial charge in [0.2, 0.25) is 0 Å². The predicted octanol–water partition coefficient (Wildman–Crippen LogP) is 2.99. The van der Waals surface area contributed by atoms with Crippen molar-refractivity contribution in [3.8, 4) is 0 Å². The van der Waals surface area contributed by atoms with Gasteiger partial charge in [-0.1, -0.05) is 18.5 Å². The first-order valence-electron chi connectivity index (χ1n) is 5.09. The van der Waals surface area contributed by atoms with Crippen molar-refractivity contribution in [2.24, 2.45) is 0 Å². The fourth-order valence-electron chi connectivity index (χ4n) is 1.48. The third-order valence-corrected chi connectivity index (χ3v) is 3.28. The summed E-state index contributed by atoms with van der Waals surface area (Å²) in [6.07, 6.45) is 0. The van der Waals surface area contributed by atoms with Crippen molar-refractivity contribution < 1.29 is 5.11 Å². The first kappa shape index (κ1) is 13.0. The molecule has 0 spiro atoms. The van der Waals surface area contributed by atoms with Gasteiger partial charge < -0.3 is 5.11 Å². The van der Waals surface area contributed by atoms with E-state index >= 15 is 0 Å². The Balaban J connectivity index is 2.54. The van der Waals surface area contributed by atoms with E-state index in [2.05, 4.69) is 11.8 Å². The molecule has 0 aliphatic heterocycles. The summed E-state index contributed by atoms with van der Waals surface area (Å²) < 4.78 is 0.823. The van der Waals surface area contributed by atoms with Crippen LogP contribution in [0.1, 0.15) is 25.6 Å². The summed E-state index contributed by atoms with van der Waals surface area (Å²) in [5.41, 5.74) is -0.642. The van der Waals surface area contributed by atoms with Gasteiger partial charge in [0.1, 0.15) is 0 Å². The molecule has 0 aromatic carbocycles. The number of rotatable bonds is 5. The number of halogens is 1. The van der Waals surface area contributed by atoms with Crippen molar-refractivity contribution in [2.75, 3.05) is 13.1 Å². The van der Waals surface area contributed by atoms with Gasteiger partial charge in [0.15, 0.2) is 0 Å². The lowest BCUT2D eigenvalue weighted by atomic mass is 10.1. The van der Waals surface area contributed by atoms with E-state index in [0.29, 0.717) is 6.54 Å². The van der Waals surface area contributed by atoms with Crippen LogP contribution in [0.3, 0.4) is 0 Å². The van der Waals surface area contributed by atoms with Gasteiger partial charge in [0, 0.05) is 18.0 Å². The van der Waals surface area contributed by atoms with Gasteiger partial charge in [-0.3, -0.25) is 4.90 Å². The lowest BCUT2D eigenvalue weighted by Crippen LogP contribution is -2.37. The Hall–Kier alpha value is -0.0900. The lowest BCUT2D eigenvalue weighted by Gasteiger charge is -2.27. The molecule has 0 aliphatic carbocycles. The molecule has 0 bridgehead atoms. The molecule has 15 heavy (non-hydrogen) atoms. The normalized spacial score (nSPS) is 12.4. The van der Waals surface area contributed by atoms with Crippen LogP contribution in [-0.4, -0.2) is 28.7 Å². The van der Waals surface area contributed by atoms with Crippen LogP contribution in [0.2, 0.25) is 4.34 Å². The van der Waals surface area contributed by atoms with Gasteiger partial charge >= 0.3 is 0 Å². The Labute approximate surface area is 100 Å². The summed E-state index contributed by atoms with van der Waals surface area (Å²) in [5, 5.41) is 9.74. The molecular formula is C11H18ClNOS. The minimum absolute atomic E-state index is 0.642. The average Bonchev–Trinajstić information content (AvgIpc) is 2.47. The average molecular weight is 248 g/mol. The molecule has 0 fully saturated rings. The lowest BCUT2D eigenvalue weighted by molar-refractivity contribution is 0.0356. The molecule has 1 rings (SSSR count). The third-order valence-electron chi connectivity index (χ3n) is 2.07. The number of likely N-dealkylation sites (N-methyl/N-ethyl adjacent to an activating group) is 1. The molecule has 0 atom stereocenters. The first-order valence-corrected chi connectivity index (χ1v) is 6.29. The standard InChI is InChI=1S/C11H18ClNOS/c1-4-13(8-11(2,3)14)7-9-5-6-10(12)15-9/h5-6,14H,4,7-8H2,1-3H3. The van der Waals surface area contributed by atoms with Crippen LogP contribution < -0.4 is 0 Å². The summed E-state index contributed by atoms with van der Waals surface area (Å²) in [7, 11) is 0. The molecular weight excluding hydrogens is 230 g/mol. The molecule has 1 aromatic rings. The van der Waals surface area contributed by atoms with Crippen molar-refractivity contribution in [2.45, 2.75) is 32.9 Å². The molecule has 4 heteroatoms. The summed E-state index contributed by atoms with van der Waals surface area (Å²) in [6, 6.07) is 3.96. The summed E-state index contributed by atoms with van der Waals surface area (Å²) >= 11 is 7.47. The van der Waals surface area contributed by atoms with E-state index < -0.39 is 5.60 Å². The Kier molecular flexibility index (Phi) is 4.59. The van der Waals surface area contributed by atoms with Crippen LogP contribution in [0.25, 0.3) is 0 Å². The molecule has 1 heterocycles. The molecule has 2 nitrogen and oxygen atoms in total. The van der Waals surface area contributed by atoms with E-state index in [1.165, 1.54) is 4.88 Å². The van der Waals surface area contributed by atoms with Gasteiger partial charge in [-0.05, 0) is 32.5 Å². The largest absolute Gasteiger partial charge is 0.389 e. The van der Waals surface area contributed by atoms with E-state index in [1.54, 1.807) is 11.3 Å². The Morgan fingerprint density at radius 3 is 2.53 bits per heavy atom. The Bertz CT molecular complexity index is 306. The predicted molar refractivity (Wildman–Crippen MR) is 66.6 cm³/mol. The van der Waals surface area contributed by atoms with Crippen molar-refractivity contribution in [3.05, 3.63) is 21.3 Å². The Morgan fingerprint density at radius 1 is 1.47 bits per heavy atom. The minimum Gasteiger partial charge on any atom is -0.389 e. The van der Waals surface area contributed by atoms with Gasteiger partial charge in [0.25, 0.3) is 0 Å². The highest BCUT2D eigenvalue weighted by Crippen LogP contribution is 2.23. The quantitative estimate of drug-likeness (QED) is 0.865. The highest BCUT2D eigenvalue weighted by atomic mass is 35.5. The summed E-state index contributed by atoms with van der Waals surface area (Å²) in [5.74, 6) is 0. The maximum atomic E-state index is 9.74. The number of nitrogens with zero attached hydrogens (tertiary/aromatic N) is 1. The molecule has 0 radical (unpaired) electrons. The van der Waals surface area contributed by atoms with Crippen molar-refractivity contribution in [3.63, 3.8) is 0 Å². The van der Waals surface area contributed by atoms with E-state index in [-0.39, 0.29) is 0 Å². The molecule has 0 saturated heterocycles. The fraction of sp³-hybridized carbons (Fsp3) is 0.636. The molecule has 86 valence electrons. The number of aliphatic hydroxyl groups is 1. The van der Waals surface area contributed by atoms with Gasteiger partial charge in [-0.15, -0.1) is 11.3 Å². The van der Waals surface area contributed by atoms with Crippen LogP contribution in [0.5, 0.6) is 0 Å². The monoisotopic (exact) mass is 247 g/mol. The van der Waals surface area contributed by atoms with Crippen molar-refractivity contribution in [1.82, 2.24) is 4.90 Å². The van der Waals surface area contributed by atoms with Crippen LogP contribution in [-0.2, 0) is 6.54 Å². The van der Waals surface area contributed by atoms with E-state index in [1.807, 2.05) is 26.0 Å². The Morgan fingerprint density at radius 2 is 2.13 bits per heavy atom. The molecule has 0 saturated carbocycles. The van der Waals surface area contributed by atoms with Crippen LogP contribution >= 0.6 is 22.9 Å². The zero-order valence-corrected chi connectivity index (χ0v) is 11.0. The van der Waals surface area contributed by atoms with Crippen LogP contribution in [0.15, 0.2) is 12.1 Å². The van der Waals surface area contributed by atoms with E-state index in [4.69, 9.17) is 11.6 Å². The van der Waals surface area contributed by atoms with Crippen molar-refractivity contribution >= 4 is 22.9 Å². The van der Waals surface area contributed by atoms with E-state index in [0.717, 1.165) is 17.4 Å². The first-order chi connectivity index (χ1) is 6.90. The van der Waals surface area contributed by atoms with Crippen LogP contribution in [0, 0.1) is 0 Å². The zero-order valence-electron chi connectivity index (χ0n) is 9.46. The zero-order chi connectivity index (χ0) is 11.5. The highest BCUT2D eigenvalue weighted by molar-refractivity contribution is 7.16. The number of thiophene rings is 1. The molecule has 0 unspecified atom stereocenters. The minimum atomic E-state index is -0.642. The second kappa shape index (κ2) is 5.30. The maximum Gasteiger partial charge on any atom is 0.0931 e. The number of hydrogen-bond donors (Lipinski definition) is 1. The molecule has 0 amide bonds. The molecule has 1 aromatic heterocycles. The van der Waals surface area contributed by atoms with Crippen molar-refractivity contribution in [1.29, 1.82) is 0 Å². The van der Waals surface area contributed by atoms with Crippen LogP contribution in [0.4, 0.5) is 0 Å². The second-order valence-electron chi connectivity index (χ2n) is 4.32. The SMILES string of the molecule is CCN(Cc1ccc(Cl)s1)CC(C)(C)O. The van der Waals surface area contributed by atoms with Gasteiger partial charge in [0.05, 0.1) is 9.94 Å². The van der Waals surface area contributed by atoms with Gasteiger partial charge in [-0.2, -0.15) is 0 Å². The third kappa shape index (κ3) is 4.98. The van der Waals surface area contributed by atoms with Gasteiger partial charge in [-0.25, -0.2) is 0 Å². The fourth-order valence-corrected chi connectivity index (χ4v) is 2.61. The molecule has 1 N–H and O–H groups in total. The maximum absolute atomic E-state index is 9.74. The molecule has 0 aliphatic rings. The number of hydrogen-bond acceptors (Lipinski definition) is 3. The summed E-state index contributed by atoms with van der Waals surface area (Å²) in [6.45, 7) is 8.23. The smallest absolute Gasteiger partial charge is 0.0931 e. The summed E-state index contributed by atoms with van der Waals surface area (Å²) in [4.78, 5) is 3.45. The van der Waals surface area contributed by atoms with E-state index in [9.17, 15) is 5.11 Å². The topological polar surface area (TPSA) is 23.5 Å².